The Bertz CT molecular complexity index is 1420. The first-order valence-electron chi connectivity index (χ1n) is 10.1. The molecule has 174 valence electrons. The lowest BCUT2D eigenvalue weighted by Crippen LogP contribution is -2.28. The number of alkyl halides is 4. The molecule has 1 amide bonds. The molecule has 1 unspecified atom stereocenters. The number of rotatable bonds is 5. The molecule has 1 aromatic carbocycles. The molecule has 0 saturated carbocycles. The maximum atomic E-state index is 15.2. The van der Waals surface area contributed by atoms with Gasteiger partial charge in [0, 0.05) is 19.3 Å². The first-order valence-corrected chi connectivity index (χ1v) is 10.1. The zero-order valence-electron chi connectivity index (χ0n) is 17.7. The summed E-state index contributed by atoms with van der Waals surface area (Å²) in [6, 6.07) is 12.0. The second kappa shape index (κ2) is 9.00. The van der Waals surface area contributed by atoms with Crippen molar-refractivity contribution < 1.29 is 22.4 Å². The van der Waals surface area contributed by atoms with Crippen LogP contribution in [0.15, 0.2) is 65.7 Å². The van der Waals surface area contributed by atoms with Crippen molar-refractivity contribution in [3.8, 4) is 11.5 Å². The molecule has 4 rings (SSSR count). The van der Waals surface area contributed by atoms with Crippen molar-refractivity contribution in [1.82, 2.24) is 19.5 Å². The molecule has 0 aliphatic carbocycles. The van der Waals surface area contributed by atoms with Crippen LogP contribution in [0.2, 0.25) is 0 Å². The van der Waals surface area contributed by atoms with E-state index in [1.54, 1.807) is 18.2 Å². The molecule has 0 aliphatic rings. The summed E-state index contributed by atoms with van der Waals surface area (Å²) in [6.07, 6.45) is -4.42. The van der Waals surface area contributed by atoms with Gasteiger partial charge < -0.3 is 5.32 Å². The monoisotopic (exact) mass is 471 g/mol. The molecule has 34 heavy (non-hydrogen) atoms. The molecule has 3 aromatic heterocycles. The molecule has 1 N–H and O–H groups in total. The largest absolute Gasteiger partial charge is 0.434 e. The molecule has 0 bridgehead atoms. The summed E-state index contributed by atoms with van der Waals surface area (Å²) >= 11 is 0. The number of amides is 1. The lowest BCUT2D eigenvalue weighted by Gasteiger charge is -2.18. The number of hydrogen-bond acceptors (Lipinski definition) is 5. The fraction of sp³-hybridized carbons (Fsp3) is 0.174. The van der Waals surface area contributed by atoms with Gasteiger partial charge in [0.05, 0.1) is 23.1 Å². The average Bonchev–Trinajstić information content (AvgIpc) is 2.80. The number of anilines is 1. The van der Waals surface area contributed by atoms with Crippen molar-refractivity contribution >= 4 is 22.5 Å². The number of benzene rings is 1. The normalized spacial score (nSPS) is 12.5. The lowest BCUT2D eigenvalue weighted by molar-refractivity contribution is -0.139. The van der Waals surface area contributed by atoms with E-state index in [2.05, 4.69) is 20.3 Å². The number of fused-ring (bicyclic) bond motifs is 1. The molecule has 4 aromatic rings. The van der Waals surface area contributed by atoms with Crippen LogP contribution in [-0.2, 0) is 17.5 Å². The molecule has 3 heterocycles. The Hall–Kier alpha value is -4.15. The van der Waals surface area contributed by atoms with Crippen molar-refractivity contribution in [2.24, 2.45) is 0 Å². The van der Waals surface area contributed by atoms with E-state index in [0.29, 0.717) is 0 Å². The number of aromatic nitrogens is 4. The number of halogens is 4. The Morgan fingerprint density at radius 1 is 1.06 bits per heavy atom. The third kappa shape index (κ3) is 4.49. The molecular weight excluding hydrogens is 454 g/mol. The minimum Gasteiger partial charge on any atom is -0.324 e. The van der Waals surface area contributed by atoms with Gasteiger partial charge in [-0.15, -0.1) is 0 Å². The standard InChI is InChI=1S/C23H17F4N5O2/c1-13(33)30-17-8-5-10-28-19(17)21-31-16-9-11-29-20(23(25,26)27)18(16)22(34)32(21)12-15(24)14-6-3-2-4-7-14/h2-11,15H,12H2,1H3,(H,30,33). The Labute approximate surface area is 190 Å². The maximum Gasteiger partial charge on any atom is 0.434 e. The molecule has 0 spiro atoms. The zero-order valence-corrected chi connectivity index (χ0v) is 17.7. The average molecular weight is 471 g/mol. The smallest absolute Gasteiger partial charge is 0.324 e. The number of carbonyl (C=O) groups excluding carboxylic acids is 1. The van der Waals surface area contributed by atoms with Gasteiger partial charge in [-0.1, -0.05) is 30.3 Å². The van der Waals surface area contributed by atoms with E-state index in [-0.39, 0.29) is 28.3 Å². The van der Waals surface area contributed by atoms with Gasteiger partial charge in [0.2, 0.25) is 5.91 Å². The van der Waals surface area contributed by atoms with Crippen LogP contribution in [0.1, 0.15) is 24.4 Å². The van der Waals surface area contributed by atoms with Gasteiger partial charge >= 0.3 is 6.18 Å². The summed E-state index contributed by atoms with van der Waals surface area (Å²) in [4.78, 5) is 36.8. The Kier molecular flexibility index (Phi) is 6.10. The quantitative estimate of drug-likeness (QED) is 0.432. The molecule has 0 radical (unpaired) electrons. The van der Waals surface area contributed by atoms with Crippen LogP contribution < -0.4 is 10.9 Å². The zero-order chi connectivity index (χ0) is 24.5. The summed E-state index contributed by atoms with van der Waals surface area (Å²) in [7, 11) is 0. The molecule has 0 fully saturated rings. The molecular formula is C23H17F4N5O2. The second-order valence-corrected chi connectivity index (χ2v) is 7.36. The molecule has 1 atom stereocenters. The first-order chi connectivity index (χ1) is 16.2. The van der Waals surface area contributed by atoms with E-state index in [1.165, 1.54) is 37.4 Å². The van der Waals surface area contributed by atoms with Crippen LogP contribution in [0.5, 0.6) is 0 Å². The third-order valence-corrected chi connectivity index (χ3v) is 4.97. The number of nitrogens with zero attached hydrogens (tertiary/aromatic N) is 4. The van der Waals surface area contributed by atoms with Crippen molar-refractivity contribution in [3.05, 3.63) is 82.5 Å². The van der Waals surface area contributed by atoms with E-state index in [1.807, 2.05) is 0 Å². The van der Waals surface area contributed by atoms with Crippen LogP contribution in [0.3, 0.4) is 0 Å². The van der Waals surface area contributed by atoms with Gasteiger partial charge in [-0.3, -0.25) is 24.1 Å². The van der Waals surface area contributed by atoms with E-state index in [0.717, 1.165) is 16.8 Å². The number of nitrogens with one attached hydrogen (secondary N) is 1. The summed E-state index contributed by atoms with van der Waals surface area (Å²) in [5.74, 6) is -0.639. The van der Waals surface area contributed by atoms with Gasteiger partial charge in [-0.25, -0.2) is 9.37 Å². The van der Waals surface area contributed by atoms with Crippen LogP contribution in [0.25, 0.3) is 22.4 Å². The Morgan fingerprint density at radius 3 is 2.47 bits per heavy atom. The van der Waals surface area contributed by atoms with E-state index in [9.17, 15) is 22.8 Å². The van der Waals surface area contributed by atoms with Crippen molar-refractivity contribution in [1.29, 1.82) is 0 Å². The van der Waals surface area contributed by atoms with Gasteiger partial charge in [0.15, 0.2) is 11.5 Å². The van der Waals surface area contributed by atoms with Crippen LogP contribution >= 0.6 is 0 Å². The SMILES string of the molecule is CC(=O)Nc1cccnc1-c1nc2ccnc(C(F)(F)F)c2c(=O)n1CC(F)c1ccccc1. The summed E-state index contributed by atoms with van der Waals surface area (Å²) in [5, 5.41) is 1.76. The Morgan fingerprint density at radius 2 is 1.79 bits per heavy atom. The summed E-state index contributed by atoms with van der Waals surface area (Å²) in [6.45, 7) is 0.620. The molecule has 7 nitrogen and oxygen atoms in total. The number of hydrogen-bond donors (Lipinski definition) is 1. The number of pyridine rings is 2. The van der Waals surface area contributed by atoms with Crippen molar-refractivity contribution in [2.45, 2.75) is 25.8 Å². The van der Waals surface area contributed by atoms with Crippen LogP contribution in [0.4, 0.5) is 23.2 Å². The number of carbonyl (C=O) groups is 1. The minimum absolute atomic E-state index is 0.00216. The highest BCUT2D eigenvalue weighted by Crippen LogP contribution is 2.33. The summed E-state index contributed by atoms with van der Waals surface area (Å²) in [5.41, 5.74) is -2.43. The van der Waals surface area contributed by atoms with Crippen LogP contribution in [-0.4, -0.2) is 25.4 Å². The van der Waals surface area contributed by atoms with Crippen molar-refractivity contribution in [2.75, 3.05) is 5.32 Å². The van der Waals surface area contributed by atoms with Gasteiger partial charge in [0.25, 0.3) is 5.56 Å². The molecule has 11 heteroatoms. The first kappa shape index (κ1) is 23.0. The van der Waals surface area contributed by atoms with E-state index in [4.69, 9.17) is 0 Å². The van der Waals surface area contributed by atoms with E-state index >= 15 is 4.39 Å². The predicted molar refractivity (Wildman–Crippen MR) is 117 cm³/mol. The summed E-state index contributed by atoms with van der Waals surface area (Å²) < 4.78 is 56.9. The highest BCUT2D eigenvalue weighted by molar-refractivity contribution is 5.93. The van der Waals surface area contributed by atoms with Crippen molar-refractivity contribution in [3.63, 3.8) is 0 Å². The third-order valence-electron chi connectivity index (χ3n) is 4.97. The van der Waals surface area contributed by atoms with E-state index < -0.39 is 41.4 Å². The Balaban J connectivity index is 2.01. The van der Waals surface area contributed by atoms with Gasteiger partial charge in [-0.05, 0) is 23.8 Å². The minimum atomic E-state index is -4.93. The van der Waals surface area contributed by atoms with Gasteiger partial charge in [0.1, 0.15) is 11.9 Å². The fourth-order valence-electron chi connectivity index (χ4n) is 3.53. The molecule has 0 aliphatic heterocycles. The predicted octanol–water partition coefficient (Wildman–Crippen LogP) is 4.54. The maximum absolute atomic E-state index is 15.2. The highest BCUT2D eigenvalue weighted by Gasteiger charge is 2.37. The fourth-order valence-corrected chi connectivity index (χ4v) is 3.53. The highest BCUT2D eigenvalue weighted by atomic mass is 19.4. The topological polar surface area (TPSA) is 89.8 Å². The van der Waals surface area contributed by atoms with Crippen LogP contribution in [0, 0.1) is 0 Å². The lowest BCUT2D eigenvalue weighted by atomic mass is 10.1. The molecule has 0 saturated heterocycles. The van der Waals surface area contributed by atoms with Gasteiger partial charge in [-0.2, -0.15) is 13.2 Å². The second-order valence-electron chi connectivity index (χ2n) is 7.36.